The SMILES string of the molecule is c1ccc(CN2CC[C@H]3CN(Cc4ccc(-n5cncn5)cc4)C[C@H]32)cc1. The van der Waals surface area contributed by atoms with Crippen LogP contribution in [0.15, 0.2) is 67.3 Å². The first kappa shape index (κ1) is 16.7. The maximum absolute atomic E-state index is 4.19. The lowest BCUT2D eigenvalue weighted by molar-refractivity contribution is 0.215. The van der Waals surface area contributed by atoms with Gasteiger partial charge in [-0.15, -0.1) is 0 Å². The molecule has 0 saturated carbocycles. The Morgan fingerprint density at radius 1 is 0.889 bits per heavy atom. The van der Waals surface area contributed by atoms with Crippen LogP contribution in [0.4, 0.5) is 0 Å². The highest BCUT2D eigenvalue weighted by Gasteiger charge is 2.40. The molecule has 2 aliphatic rings. The fourth-order valence-corrected chi connectivity index (χ4v) is 4.63. The van der Waals surface area contributed by atoms with Crippen molar-refractivity contribution in [3.05, 3.63) is 78.4 Å². The second kappa shape index (κ2) is 7.25. The van der Waals surface area contributed by atoms with Gasteiger partial charge in [-0.3, -0.25) is 9.80 Å². The van der Waals surface area contributed by atoms with Crippen LogP contribution in [0.1, 0.15) is 17.5 Å². The normalized spacial score (nSPS) is 23.0. The highest BCUT2D eigenvalue weighted by molar-refractivity contribution is 5.33. The predicted octanol–water partition coefficient (Wildman–Crippen LogP) is 2.97. The maximum atomic E-state index is 4.19. The Hall–Kier alpha value is -2.50. The lowest BCUT2D eigenvalue weighted by Gasteiger charge is -2.25. The van der Waals surface area contributed by atoms with Crippen LogP contribution in [0.2, 0.25) is 0 Å². The molecule has 3 heterocycles. The Bertz CT molecular complexity index is 859. The van der Waals surface area contributed by atoms with E-state index in [1.807, 2.05) is 0 Å². The van der Waals surface area contributed by atoms with Crippen molar-refractivity contribution in [2.45, 2.75) is 25.6 Å². The van der Waals surface area contributed by atoms with Crippen LogP contribution >= 0.6 is 0 Å². The van der Waals surface area contributed by atoms with Gasteiger partial charge < -0.3 is 0 Å². The molecular weight excluding hydrogens is 334 g/mol. The molecule has 0 bridgehead atoms. The minimum Gasteiger partial charge on any atom is -0.297 e. The number of aromatic nitrogens is 3. The molecule has 0 amide bonds. The van der Waals surface area contributed by atoms with Crippen molar-refractivity contribution in [3.63, 3.8) is 0 Å². The first-order valence-electron chi connectivity index (χ1n) is 9.79. The fraction of sp³-hybridized carbons (Fsp3) is 0.364. The third-order valence-corrected chi connectivity index (χ3v) is 5.99. The fourth-order valence-electron chi connectivity index (χ4n) is 4.63. The van der Waals surface area contributed by atoms with Crippen LogP contribution in [-0.4, -0.2) is 50.2 Å². The van der Waals surface area contributed by atoms with E-state index in [0.29, 0.717) is 6.04 Å². The summed E-state index contributed by atoms with van der Waals surface area (Å²) in [6.07, 6.45) is 4.63. The second-order valence-corrected chi connectivity index (χ2v) is 7.77. The first-order chi connectivity index (χ1) is 13.3. The summed E-state index contributed by atoms with van der Waals surface area (Å²) in [5.41, 5.74) is 3.86. The van der Waals surface area contributed by atoms with Crippen LogP contribution in [0.3, 0.4) is 0 Å². The first-order valence-corrected chi connectivity index (χ1v) is 9.79. The summed E-state index contributed by atoms with van der Waals surface area (Å²) in [5.74, 6) is 0.822. The Morgan fingerprint density at radius 2 is 1.70 bits per heavy atom. The average Bonchev–Trinajstić information content (AvgIpc) is 3.43. The van der Waals surface area contributed by atoms with Crippen molar-refractivity contribution in [1.82, 2.24) is 24.6 Å². The molecule has 138 valence electrons. The van der Waals surface area contributed by atoms with Gasteiger partial charge in [-0.25, -0.2) is 9.67 Å². The van der Waals surface area contributed by atoms with Crippen molar-refractivity contribution in [2.24, 2.45) is 5.92 Å². The minimum absolute atomic E-state index is 0.708. The van der Waals surface area contributed by atoms with Crippen LogP contribution < -0.4 is 0 Å². The quantitative estimate of drug-likeness (QED) is 0.702. The molecule has 0 unspecified atom stereocenters. The lowest BCUT2D eigenvalue weighted by Crippen LogP contribution is -2.34. The summed E-state index contributed by atoms with van der Waals surface area (Å²) in [4.78, 5) is 9.32. The highest BCUT2D eigenvalue weighted by atomic mass is 15.3. The molecule has 2 fully saturated rings. The van der Waals surface area contributed by atoms with E-state index in [4.69, 9.17) is 0 Å². The van der Waals surface area contributed by atoms with E-state index in [2.05, 4.69) is 74.5 Å². The number of fused-ring (bicyclic) bond motifs is 1. The average molecular weight is 359 g/mol. The second-order valence-electron chi connectivity index (χ2n) is 7.77. The molecule has 0 N–H and O–H groups in total. The molecule has 3 aromatic rings. The Morgan fingerprint density at radius 3 is 2.48 bits per heavy atom. The molecule has 2 atom stereocenters. The number of nitrogens with zero attached hydrogens (tertiary/aromatic N) is 5. The van der Waals surface area contributed by atoms with Gasteiger partial charge in [-0.2, -0.15) is 5.10 Å². The molecule has 0 aliphatic carbocycles. The van der Waals surface area contributed by atoms with Crippen LogP contribution in [0, 0.1) is 5.92 Å². The largest absolute Gasteiger partial charge is 0.297 e. The van der Waals surface area contributed by atoms with E-state index in [1.165, 1.54) is 37.2 Å². The topological polar surface area (TPSA) is 37.2 Å². The zero-order chi connectivity index (χ0) is 18.1. The smallest absolute Gasteiger partial charge is 0.138 e. The number of hydrogen-bond donors (Lipinski definition) is 0. The van der Waals surface area contributed by atoms with Crippen molar-refractivity contribution < 1.29 is 0 Å². The Balaban J connectivity index is 1.21. The van der Waals surface area contributed by atoms with E-state index < -0.39 is 0 Å². The number of rotatable bonds is 5. The van der Waals surface area contributed by atoms with Crippen LogP contribution in [0.5, 0.6) is 0 Å². The van der Waals surface area contributed by atoms with Gasteiger partial charge in [0, 0.05) is 32.2 Å². The zero-order valence-electron chi connectivity index (χ0n) is 15.5. The number of benzene rings is 2. The van der Waals surface area contributed by atoms with Gasteiger partial charge in [0.25, 0.3) is 0 Å². The van der Waals surface area contributed by atoms with E-state index in [9.17, 15) is 0 Å². The molecule has 0 radical (unpaired) electrons. The molecule has 2 aliphatic heterocycles. The summed E-state index contributed by atoms with van der Waals surface area (Å²) < 4.78 is 1.80. The summed E-state index contributed by atoms with van der Waals surface area (Å²) >= 11 is 0. The molecular formula is C22H25N5. The highest BCUT2D eigenvalue weighted by Crippen LogP contribution is 2.33. The molecule has 1 aromatic heterocycles. The van der Waals surface area contributed by atoms with E-state index >= 15 is 0 Å². The lowest BCUT2D eigenvalue weighted by atomic mass is 10.0. The number of likely N-dealkylation sites (tertiary alicyclic amines) is 2. The van der Waals surface area contributed by atoms with E-state index in [1.54, 1.807) is 17.3 Å². The summed E-state index contributed by atoms with van der Waals surface area (Å²) in [6.45, 7) is 5.76. The van der Waals surface area contributed by atoms with Gasteiger partial charge in [0.2, 0.25) is 0 Å². The summed E-state index contributed by atoms with van der Waals surface area (Å²) in [6, 6.07) is 20.3. The third-order valence-electron chi connectivity index (χ3n) is 5.99. The van der Waals surface area contributed by atoms with E-state index in [-0.39, 0.29) is 0 Å². The Kier molecular flexibility index (Phi) is 4.47. The molecule has 2 aromatic carbocycles. The van der Waals surface area contributed by atoms with Gasteiger partial charge in [0.1, 0.15) is 12.7 Å². The van der Waals surface area contributed by atoms with Crippen LogP contribution in [-0.2, 0) is 13.1 Å². The summed E-state index contributed by atoms with van der Waals surface area (Å²) in [7, 11) is 0. The van der Waals surface area contributed by atoms with Gasteiger partial charge >= 0.3 is 0 Å². The van der Waals surface area contributed by atoms with Crippen molar-refractivity contribution in [1.29, 1.82) is 0 Å². The monoisotopic (exact) mass is 359 g/mol. The molecule has 2 saturated heterocycles. The van der Waals surface area contributed by atoms with Crippen LogP contribution in [0.25, 0.3) is 5.69 Å². The van der Waals surface area contributed by atoms with Crippen molar-refractivity contribution >= 4 is 0 Å². The number of hydrogen-bond acceptors (Lipinski definition) is 4. The predicted molar refractivity (Wildman–Crippen MR) is 105 cm³/mol. The molecule has 5 rings (SSSR count). The zero-order valence-corrected chi connectivity index (χ0v) is 15.5. The maximum Gasteiger partial charge on any atom is 0.138 e. The molecule has 5 nitrogen and oxygen atoms in total. The standard InChI is InChI=1S/C22H25N5/c1-2-4-18(5-3-1)13-26-11-10-20-14-25(15-22(20)26)12-19-6-8-21(9-7-19)27-17-23-16-24-27/h1-9,16-17,20,22H,10-15H2/t20-,22+/m0/s1. The Labute approximate surface area is 160 Å². The molecule has 27 heavy (non-hydrogen) atoms. The molecule has 5 heteroatoms. The molecule has 0 spiro atoms. The third kappa shape index (κ3) is 3.53. The van der Waals surface area contributed by atoms with Gasteiger partial charge in [-0.1, -0.05) is 42.5 Å². The van der Waals surface area contributed by atoms with Gasteiger partial charge in [-0.05, 0) is 42.1 Å². The van der Waals surface area contributed by atoms with E-state index in [0.717, 1.165) is 24.7 Å². The van der Waals surface area contributed by atoms with Gasteiger partial charge in [0.15, 0.2) is 0 Å². The van der Waals surface area contributed by atoms with Crippen molar-refractivity contribution in [2.75, 3.05) is 19.6 Å². The summed E-state index contributed by atoms with van der Waals surface area (Å²) in [5, 5.41) is 4.19. The van der Waals surface area contributed by atoms with Gasteiger partial charge in [0.05, 0.1) is 5.69 Å². The minimum atomic E-state index is 0.708. The van der Waals surface area contributed by atoms with Crippen molar-refractivity contribution in [3.8, 4) is 5.69 Å².